The van der Waals surface area contributed by atoms with Gasteiger partial charge in [0.2, 0.25) is 0 Å². The summed E-state index contributed by atoms with van der Waals surface area (Å²) < 4.78 is 16.0. The van der Waals surface area contributed by atoms with Gasteiger partial charge in [-0.2, -0.15) is 0 Å². The molecule has 0 aliphatic rings. The summed E-state index contributed by atoms with van der Waals surface area (Å²) >= 11 is 0. The number of aryl methyl sites for hydroxylation is 1. The third kappa shape index (κ3) is 4.57. The van der Waals surface area contributed by atoms with E-state index in [0.29, 0.717) is 33.9 Å². The molecule has 0 radical (unpaired) electrons. The first kappa shape index (κ1) is 19.2. The van der Waals surface area contributed by atoms with Gasteiger partial charge in [-0.05, 0) is 42.8 Å². The van der Waals surface area contributed by atoms with Crippen LogP contribution >= 0.6 is 0 Å². The zero-order valence-electron chi connectivity index (χ0n) is 15.7. The number of methoxy groups -OCH3 is 1. The number of benzene rings is 3. The highest BCUT2D eigenvalue weighted by molar-refractivity contribution is 6.09. The number of carbonyl (C=O) groups is 2. The Morgan fingerprint density at radius 2 is 1.46 bits per heavy atom. The summed E-state index contributed by atoms with van der Waals surface area (Å²) in [5, 5.41) is 0. The van der Waals surface area contributed by atoms with Gasteiger partial charge in [0, 0.05) is 11.1 Å². The number of hydrogen-bond acceptors (Lipinski definition) is 5. The number of esters is 1. The zero-order chi connectivity index (χ0) is 19.9. The second-order valence-corrected chi connectivity index (χ2v) is 6.09. The molecule has 0 bridgehead atoms. The zero-order valence-corrected chi connectivity index (χ0v) is 15.7. The minimum absolute atomic E-state index is 0.0823. The average Bonchev–Trinajstić information content (AvgIpc) is 2.74. The molecule has 5 heteroatoms. The first-order valence-corrected chi connectivity index (χ1v) is 8.75. The van der Waals surface area contributed by atoms with Gasteiger partial charge in [0.1, 0.15) is 5.75 Å². The van der Waals surface area contributed by atoms with Crippen LogP contribution in [0.5, 0.6) is 17.2 Å². The number of carbonyl (C=O) groups excluding carboxylic acids is 2. The van der Waals surface area contributed by atoms with Gasteiger partial charge in [0.25, 0.3) is 0 Å². The molecule has 0 aromatic heterocycles. The van der Waals surface area contributed by atoms with E-state index in [1.54, 1.807) is 55.5 Å². The average molecular weight is 376 g/mol. The molecule has 0 amide bonds. The van der Waals surface area contributed by atoms with Gasteiger partial charge < -0.3 is 14.2 Å². The first-order chi connectivity index (χ1) is 13.6. The van der Waals surface area contributed by atoms with Crippen molar-refractivity contribution in [3.05, 3.63) is 89.5 Å². The molecule has 0 heterocycles. The summed E-state index contributed by atoms with van der Waals surface area (Å²) in [4.78, 5) is 24.6. The monoisotopic (exact) mass is 376 g/mol. The lowest BCUT2D eigenvalue weighted by Crippen LogP contribution is -2.18. The highest BCUT2D eigenvalue weighted by atomic mass is 16.6. The Morgan fingerprint density at radius 1 is 0.786 bits per heavy atom. The van der Waals surface area contributed by atoms with Crippen molar-refractivity contribution in [1.82, 2.24) is 0 Å². The molecule has 0 saturated heterocycles. The van der Waals surface area contributed by atoms with Crippen molar-refractivity contribution in [1.29, 1.82) is 0 Å². The lowest BCUT2D eigenvalue weighted by Gasteiger charge is -2.11. The summed E-state index contributed by atoms with van der Waals surface area (Å²) in [7, 11) is 1.53. The molecular weight excluding hydrogens is 356 g/mol. The first-order valence-electron chi connectivity index (χ1n) is 8.75. The fourth-order valence-electron chi connectivity index (χ4n) is 2.69. The van der Waals surface area contributed by atoms with E-state index in [-0.39, 0.29) is 12.4 Å². The third-order valence-electron chi connectivity index (χ3n) is 4.11. The molecule has 0 aliphatic heterocycles. The molecule has 142 valence electrons. The lowest BCUT2D eigenvalue weighted by atomic mass is 10.0. The van der Waals surface area contributed by atoms with Crippen molar-refractivity contribution in [2.75, 3.05) is 13.7 Å². The molecule has 0 N–H and O–H groups in total. The Bertz CT molecular complexity index is 979. The quantitative estimate of drug-likeness (QED) is 0.351. The second kappa shape index (κ2) is 8.86. The Kier molecular flexibility index (Phi) is 6.07. The normalized spacial score (nSPS) is 10.2. The molecule has 0 unspecified atom stereocenters. The van der Waals surface area contributed by atoms with E-state index in [2.05, 4.69) is 0 Å². The molecule has 0 fully saturated rings. The van der Waals surface area contributed by atoms with E-state index >= 15 is 0 Å². The van der Waals surface area contributed by atoms with Gasteiger partial charge in [-0.25, -0.2) is 4.79 Å². The summed E-state index contributed by atoms with van der Waals surface area (Å²) in [6.45, 7) is 1.52. The van der Waals surface area contributed by atoms with Crippen molar-refractivity contribution < 1.29 is 23.8 Å². The molecule has 28 heavy (non-hydrogen) atoms. The maximum atomic E-state index is 12.5. The molecule has 3 rings (SSSR count). The van der Waals surface area contributed by atoms with Crippen molar-refractivity contribution in [2.45, 2.75) is 6.92 Å². The van der Waals surface area contributed by atoms with Crippen LogP contribution in [0.25, 0.3) is 0 Å². The van der Waals surface area contributed by atoms with Gasteiger partial charge in [0.15, 0.2) is 23.9 Å². The largest absolute Gasteiger partial charge is 0.493 e. The molecular formula is C23H20O5. The molecule has 0 atom stereocenters. The van der Waals surface area contributed by atoms with E-state index in [4.69, 9.17) is 14.2 Å². The summed E-state index contributed by atoms with van der Waals surface area (Å²) in [5.74, 6) is 0.758. The third-order valence-corrected chi connectivity index (χ3v) is 4.11. The Morgan fingerprint density at radius 3 is 2.14 bits per heavy atom. The standard InChI is InChI=1S/C23H20O5/c1-16-14-18(23(25)17-8-4-3-5-9-17)12-13-19(16)28-22(24)15-27-21-11-7-6-10-20(21)26-2/h3-14H,15H2,1-2H3. The van der Waals surface area contributed by atoms with E-state index in [1.807, 2.05) is 24.3 Å². The van der Waals surface area contributed by atoms with E-state index in [0.717, 1.165) is 0 Å². The van der Waals surface area contributed by atoms with Crippen LogP contribution < -0.4 is 14.2 Å². The molecule has 0 spiro atoms. The molecule has 5 nitrogen and oxygen atoms in total. The fraction of sp³-hybridized carbons (Fsp3) is 0.130. The second-order valence-electron chi connectivity index (χ2n) is 6.09. The smallest absolute Gasteiger partial charge is 0.349 e. The predicted molar refractivity (Wildman–Crippen MR) is 105 cm³/mol. The van der Waals surface area contributed by atoms with Crippen molar-refractivity contribution >= 4 is 11.8 Å². The lowest BCUT2D eigenvalue weighted by molar-refractivity contribution is -0.136. The summed E-state index contributed by atoms with van der Waals surface area (Å²) in [6, 6.07) is 21.0. The highest BCUT2D eigenvalue weighted by Gasteiger charge is 2.14. The minimum Gasteiger partial charge on any atom is -0.493 e. The maximum Gasteiger partial charge on any atom is 0.349 e. The van der Waals surface area contributed by atoms with E-state index < -0.39 is 5.97 Å². The van der Waals surface area contributed by atoms with Crippen LogP contribution in [-0.4, -0.2) is 25.5 Å². The fourth-order valence-corrected chi connectivity index (χ4v) is 2.69. The van der Waals surface area contributed by atoms with Crippen LogP contribution in [0.1, 0.15) is 21.5 Å². The van der Waals surface area contributed by atoms with Crippen LogP contribution in [0, 0.1) is 6.92 Å². The van der Waals surface area contributed by atoms with Crippen LogP contribution in [0.15, 0.2) is 72.8 Å². The predicted octanol–water partition coefficient (Wildman–Crippen LogP) is 4.22. The summed E-state index contributed by atoms with van der Waals surface area (Å²) in [6.07, 6.45) is 0. The Hall–Kier alpha value is -3.60. The van der Waals surface area contributed by atoms with Crippen molar-refractivity contribution in [2.24, 2.45) is 0 Å². The van der Waals surface area contributed by atoms with Gasteiger partial charge in [-0.15, -0.1) is 0 Å². The van der Waals surface area contributed by atoms with Gasteiger partial charge in [-0.1, -0.05) is 42.5 Å². The van der Waals surface area contributed by atoms with Gasteiger partial charge >= 0.3 is 5.97 Å². The van der Waals surface area contributed by atoms with Crippen LogP contribution in [-0.2, 0) is 4.79 Å². The Balaban J connectivity index is 1.64. The molecule has 3 aromatic rings. The number of ketones is 1. The minimum atomic E-state index is -0.545. The molecule has 0 aliphatic carbocycles. The van der Waals surface area contributed by atoms with E-state index in [1.165, 1.54) is 7.11 Å². The highest BCUT2D eigenvalue weighted by Crippen LogP contribution is 2.26. The summed E-state index contributed by atoms with van der Waals surface area (Å²) in [5.41, 5.74) is 1.83. The number of rotatable bonds is 7. The van der Waals surface area contributed by atoms with Crippen LogP contribution in [0.3, 0.4) is 0 Å². The number of hydrogen-bond donors (Lipinski definition) is 0. The maximum absolute atomic E-state index is 12.5. The number of para-hydroxylation sites is 2. The van der Waals surface area contributed by atoms with Crippen LogP contribution in [0.2, 0.25) is 0 Å². The van der Waals surface area contributed by atoms with Gasteiger partial charge in [0.05, 0.1) is 7.11 Å². The Labute approximate surface area is 163 Å². The van der Waals surface area contributed by atoms with E-state index in [9.17, 15) is 9.59 Å². The van der Waals surface area contributed by atoms with Crippen molar-refractivity contribution in [3.8, 4) is 17.2 Å². The SMILES string of the molecule is COc1ccccc1OCC(=O)Oc1ccc(C(=O)c2ccccc2)cc1C. The van der Waals surface area contributed by atoms with Crippen LogP contribution in [0.4, 0.5) is 0 Å². The number of ether oxygens (including phenoxy) is 3. The molecule has 0 saturated carbocycles. The van der Waals surface area contributed by atoms with Gasteiger partial charge in [-0.3, -0.25) is 4.79 Å². The van der Waals surface area contributed by atoms with Crippen molar-refractivity contribution in [3.63, 3.8) is 0 Å². The molecule has 3 aromatic carbocycles. The topological polar surface area (TPSA) is 61.8 Å².